The number of hydrogen-bond acceptors (Lipinski definition) is 2. The first-order chi connectivity index (χ1) is 9.65. The highest BCUT2D eigenvalue weighted by Crippen LogP contribution is 2.34. The Balaban J connectivity index is 2.24. The molecule has 2 aromatic rings. The van der Waals surface area contributed by atoms with Gasteiger partial charge in [0.15, 0.2) is 0 Å². The Morgan fingerprint density at radius 3 is 2.70 bits per heavy atom. The first-order valence-corrected chi connectivity index (χ1v) is 8.13. The molecule has 0 saturated heterocycles. The first-order valence-electron chi connectivity index (χ1n) is 6.94. The van der Waals surface area contributed by atoms with E-state index in [1.54, 1.807) is 17.4 Å². The van der Waals surface area contributed by atoms with Crippen molar-refractivity contribution in [3.05, 3.63) is 46.0 Å². The van der Waals surface area contributed by atoms with Crippen LogP contribution in [0.3, 0.4) is 0 Å². The zero-order chi connectivity index (χ0) is 14.5. The highest BCUT2D eigenvalue weighted by atomic mass is 35.5. The first kappa shape index (κ1) is 15.5. The van der Waals surface area contributed by atoms with Gasteiger partial charge in [-0.2, -0.15) is 0 Å². The Hall–Kier alpha value is -0.900. The summed E-state index contributed by atoms with van der Waals surface area (Å²) in [6.07, 6.45) is 2.25. The highest BCUT2D eigenvalue weighted by Gasteiger charge is 2.13. The van der Waals surface area contributed by atoms with Gasteiger partial charge in [-0.05, 0) is 42.8 Å². The minimum Gasteiger partial charge on any atom is -0.310 e. The van der Waals surface area contributed by atoms with Gasteiger partial charge in [0.1, 0.15) is 5.82 Å². The number of benzene rings is 1. The van der Waals surface area contributed by atoms with Crippen LogP contribution < -0.4 is 5.32 Å². The van der Waals surface area contributed by atoms with E-state index in [1.807, 2.05) is 6.07 Å². The van der Waals surface area contributed by atoms with Crippen molar-refractivity contribution < 1.29 is 4.39 Å². The van der Waals surface area contributed by atoms with Gasteiger partial charge in [0, 0.05) is 15.8 Å². The maximum absolute atomic E-state index is 13.5. The van der Waals surface area contributed by atoms with Crippen molar-refractivity contribution in [3.63, 3.8) is 0 Å². The van der Waals surface area contributed by atoms with Gasteiger partial charge >= 0.3 is 0 Å². The van der Waals surface area contributed by atoms with E-state index in [4.69, 9.17) is 11.6 Å². The number of halogens is 2. The third kappa shape index (κ3) is 3.60. The lowest BCUT2D eigenvalue weighted by Gasteiger charge is -2.15. The van der Waals surface area contributed by atoms with Crippen LogP contribution in [0.25, 0.3) is 10.4 Å². The average Bonchev–Trinajstić information content (AvgIpc) is 2.91. The van der Waals surface area contributed by atoms with Crippen LogP contribution in [-0.2, 0) is 0 Å². The molecule has 2 rings (SSSR count). The van der Waals surface area contributed by atoms with Gasteiger partial charge in [-0.15, -0.1) is 11.3 Å². The minimum absolute atomic E-state index is 0.169. The van der Waals surface area contributed by atoms with E-state index < -0.39 is 0 Å². The topological polar surface area (TPSA) is 12.0 Å². The normalized spacial score (nSPS) is 12.6. The summed E-state index contributed by atoms with van der Waals surface area (Å²) in [5.74, 6) is -0.365. The van der Waals surface area contributed by atoms with E-state index in [0.717, 1.165) is 29.8 Å². The van der Waals surface area contributed by atoms with Gasteiger partial charge < -0.3 is 5.32 Å². The predicted molar refractivity (Wildman–Crippen MR) is 86.0 cm³/mol. The molecule has 1 N–H and O–H groups in total. The summed E-state index contributed by atoms with van der Waals surface area (Å²) in [6.45, 7) is 5.26. The molecule has 1 aromatic heterocycles. The molecule has 1 aromatic carbocycles. The summed E-state index contributed by atoms with van der Waals surface area (Å²) >= 11 is 7.44. The standard InChI is InChI=1S/C16H19ClFNS/c1-3-5-14(19-4-2)16-9-8-15(20-16)11-6-7-12(17)13(18)10-11/h6-10,14,19H,3-5H2,1-2H3. The van der Waals surface area contributed by atoms with Crippen molar-refractivity contribution in [2.24, 2.45) is 0 Å². The fraction of sp³-hybridized carbons (Fsp3) is 0.375. The van der Waals surface area contributed by atoms with Crippen molar-refractivity contribution in [2.45, 2.75) is 32.7 Å². The smallest absolute Gasteiger partial charge is 0.142 e. The van der Waals surface area contributed by atoms with Crippen molar-refractivity contribution in [3.8, 4) is 10.4 Å². The van der Waals surface area contributed by atoms with Gasteiger partial charge in [-0.3, -0.25) is 0 Å². The summed E-state index contributed by atoms with van der Waals surface area (Å²) in [5.41, 5.74) is 0.884. The van der Waals surface area contributed by atoms with Crippen molar-refractivity contribution >= 4 is 22.9 Å². The number of rotatable bonds is 6. The van der Waals surface area contributed by atoms with E-state index in [0.29, 0.717) is 6.04 Å². The lowest BCUT2D eigenvalue weighted by atomic mass is 10.1. The van der Waals surface area contributed by atoms with Crippen LogP contribution in [0.4, 0.5) is 4.39 Å². The number of hydrogen-bond donors (Lipinski definition) is 1. The zero-order valence-electron chi connectivity index (χ0n) is 11.7. The summed E-state index contributed by atoms with van der Waals surface area (Å²) in [4.78, 5) is 2.38. The summed E-state index contributed by atoms with van der Waals surface area (Å²) in [6, 6.07) is 9.56. The van der Waals surface area contributed by atoms with Crippen molar-refractivity contribution in [1.82, 2.24) is 5.32 Å². The molecule has 0 saturated carbocycles. The van der Waals surface area contributed by atoms with Crippen LogP contribution in [0.15, 0.2) is 30.3 Å². The summed E-state index contributed by atoms with van der Waals surface area (Å²) < 4.78 is 13.5. The fourth-order valence-electron chi connectivity index (χ4n) is 2.22. The van der Waals surface area contributed by atoms with Gasteiger partial charge in [-0.1, -0.05) is 37.9 Å². The molecule has 108 valence electrons. The van der Waals surface area contributed by atoms with Gasteiger partial charge in [0.2, 0.25) is 0 Å². The number of nitrogens with one attached hydrogen (secondary N) is 1. The monoisotopic (exact) mass is 311 g/mol. The fourth-order valence-corrected chi connectivity index (χ4v) is 3.46. The SMILES string of the molecule is CCCC(NCC)c1ccc(-c2ccc(Cl)c(F)c2)s1. The third-order valence-corrected chi connectivity index (χ3v) is 4.76. The van der Waals surface area contributed by atoms with Crippen molar-refractivity contribution in [1.29, 1.82) is 0 Å². The van der Waals surface area contributed by atoms with Crippen LogP contribution in [0.2, 0.25) is 5.02 Å². The molecule has 0 aliphatic heterocycles. The van der Waals surface area contributed by atoms with Crippen molar-refractivity contribution in [2.75, 3.05) is 6.54 Å². The zero-order valence-corrected chi connectivity index (χ0v) is 13.3. The average molecular weight is 312 g/mol. The van der Waals surface area contributed by atoms with Crippen LogP contribution >= 0.6 is 22.9 Å². The molecule has 0 fully saturated rings. The largest absolute Gasteiger partial charge is 0.310 e. The lowest BCUT2D eigenvalue weighted by Crippen LogP contribution is -2.19. The molecule has 0 bridgehead atoms. The predicted octanol–water partition coefficient (Wildman–Crippen LogP) is 5.66. The van der Waals surface area contributed by atoms with E-state index in [-0.39, 0.29) is 10.8 Å². The lowest BCUT2D eigenvalue weighted by molar-refractivity contribution is 0.516. The maximum atomic E-state index is 13.5. The molecule has 0 spiro atoms. The molecule has 1 unspecified atom stereocenters. The molecular formula is C16H19ClFNS. The van der Waals surface area contributed by atoms with E-state index >= 15 is 0 Å². The molecule has 20 heavy (non-hydrogen) atoms. The van der Waals surface area contributed by atoms with E-state index in [1.165, 1.54) is 10.9 Å². The third-order valence-electron chi connectivity index (χ3n) is 3.20. The highest BCUT2D eigenvalue weighted by molar-refractivity contribution is 7.15. The van der Waals surface area contributed by atoms with Gasteiger partial charge in [-0.25, -0.2) is 4.39 Å². The second-order valence-electron chi connectivity index (χ2n) is 4.73. The maximum Gasteiger partial charge on any atom is 0.142 e. The molecule has 0 aliphatic rings. The molecule has 1 atom stereocenters. The molecule has 0 radical (unpaired) electrons. The van der Waals surface area contributed by atoms with Gasteiger partial charge in [0.05, 0.1) is 5.02 Å². The minimum atomic E-state index is -0.365. The van der Waals surface area contributed by atoms with Crippen LogP contribution in [0.1, 0.15) is 37.6 Å². The Labute approximate surface area is 128 Å². The van der Waals surface area contributed by atoms with Crippen LogP contribution in [0, 0.1) is 5.82 Å². The Bertz CT molecular complexity index is 561. The molecule has 1 nitrogen and oxygen atoms in total. The van der Waals surface area contributed by atoms with Gasteiger partial charge in [0.25, 0.3) is 0 Å². The molecule has 4 heteroatoms. The molecule has 0 amide bonds. The Kier molecular flexibility index (Phi) is 5.58. The Morgan fingerprint density at radius 2 is 2.05 bits per heavy atom. The van der Waals surface area contributed by atoms with E-state index in [2.05, 4.69) is 31.3 Å². The van der Waals surface area contributed by atoms with E-state index in [9.17, 15) is 4.39 Å². The van der Waals surface area contributed by atoms with Crippen LogP contribution in [-0.4, -0.2) is 6.54 Å². The Morgan fingerprint density at radius 1 is 1.25 bits per heavy atom. The quantitative estimate of drug-likeness (QED) is 0.726. The van der Waals surface area contributed by atoms with Crippen LogP contribution in [0.5, 0.6) is 0 Å². The second-order valence-corrected chi connectivity index (χ2v) is 6.25. The molecular weight excluding hydrogens is 293 g/mol. The molecule has 0 aliphatic carbocycles. The summed E-state index contributed by atoms with van der Waals surface area (Å²) in [5, 5.41) is 3.67. The summed E-state index contributed by atoms with van der Waals surface area (Å²) in [7, 11) is 0. The molecule has 1 heterocycles. The number of thiophene rings is 1. The second kappa shape index (κ2) is 7.21.